The molecule has 1 amide bonds. The second kappa shape index (κ2) is 8.38. The maximum Gasteiger partial charge on any atom is 0.223 e. The van der Waals surface area contributed by atoms with Gasteiger partial charge >= 0.3 is 0 Å². The fourth-order valence-corrected chi connectivity index (χ4v) is 4.74. The van der Waals surface area contributed by atoms with E-state index in [-0.39, 0.29) is 17.9 Å². The van der Waals surface area contributed by atoms with Gasteiger partial charge in [-0.3, -0.25) is 14.5 Å². The van der Waals surface area contributed by atoms with E-state index >= 15 is 0 Å². The van der Waals surface area contributed by atoms with Crippen LogP contribution >= 0.6 is 11.3 Å². The van der Waals surface area contributed by atoms with E-state index in [9.17, 15) is 4.79 Å². The molecule has 28 heavy (non-hydrogen) atoms. The summed E-state index contributed by atoms with van der Waals surface area (Å²) in [5.74, 6) is 0.381. The number of likely N-dealkylation sites (tertiary alicyclic amines) is 1. The number of aryl methyl sites for hydroxylation is 1. The number of methoxy groups -OCH3 is 1. The zero-order chi connectivity index (χ0) is 19.5. The second-order valence-electron chi connectivity index (χ2n) is 7.21. The van der Waals surface area contributed by atoms with Crippen LogP contribution in [0, 0.1) is 5.92 Å². The van der Waals surface area contributed by atoms with Crippen molar-refractivity contribution in [2.75, 3.05) is 26.8 Å². The van der Waals surface area contributed by atoms with E-state index in [1.165, 1.54) is 4.70 Å². The number of carbonyl (C=O) groups excluding carboxylic acids is 1. The number of thiophene rings is 1. The number of ether oxygens (including phenoxy) is 1. The van der Waals surface area contributed by atoms with Crippen molar-refractivity contribution in [3.8, 4) is 0 Å². The van der Waals surface area contributed by atoms with E-state index in [1.807, 2.05) is 36.6 Å². The minimum Gasteiger partial charge on any atom is -0.383 e. The van der Waals surface area contributed by atoms with Crippen LogP contribution in [0.4, 0.5) is 0 Å². The number of nitrogens with zero attached hydrogens (tertiary/aromatic N) is 4. The summed E-state index contributed by atoms with van der Waals surface area (Å²) in [4.78, 5) is 19.1. The van der Waals surface area contributed by atoms with Gasteiger partial charge in [-0.05, 0) is 23.1 Å². The first-order valence-corrected chi connectivity index (χ1v) is 10.3. The van der Waals surface area contributed by atoms with Gasteiger partial charge in [-0.2, -0.15) is 5.10 Å². The number of aromatic nitrogens is 3. The second-order valence-corrected chi connectivity index (χ2v) is 8.16. The Balaban J connectivity index is 1.44. The van der Waals surface area contributed by atoms with Gasteiger partial charge in [-0.15, -0.1) is 11.3 Å². The van der Waals surface area contributed by atoms with Gasteiger partial charge in [0, 0.05) is 64.1 Å². The highest BCUT2D eigenvalue weighted by molar-refractivity contribution is 7.17. The Morgan fingerprint density at radius 3 is 3.07 bits per heavy atom. The van der Waals surface area contributed by atoms with Gasteiger partial charge in [0.1, 0.15) is 0 Å². The molecule has 0 aromatic carbocycles. The van der Waals surface area contributed by atoms with E-state index in [1.54, 1.807) is 23.1 Å². The number of carbonyl (C=O) groups is 1. The summed E-state index contributed by atoms with van der Waals surface area (Å²) < 4.78 is 8.20. The first-order chi connectivity index (χ1) is 13.7. The lowest BCUT2D eigenvalue weighted by Gasteiger charge is -2.27. The lowest BCUT2D eigenvalue weighted by atomic mass is 9.95. The molecule has 0 spiro atoms. The van der Waals surface area contributed by atoms with Gasteiger partial charge in [-0.1, -0.05) is 0 Å². The molecule has 0 bridgehead atoms. The molecule has 0 unspecified atom stereocenters. The van der Waals surface area contributed by atoms with Crippen molar-refractivity contribution in [2.45, 2.75) is 19.0 Å². The summed E-state index contributed by atoms with van der Waals surface area (Å²) in [6.07, 6.45) is 6.33. The number of hydrogen-bond donors (Lipinski definition) is 1. The number of fused-ring (bicyclic) bond motifs is 1. The maximum atomic E-state index is 12.6. The summed E-state index contributed by atoms with van der Waals surface area (Å²) in [6, 6.07) is 4.25. The predicted octanol–water partition coefficient (Wildman–Crippen LogP) is 2.36. The standard InChI is InChI=1S/C20H25N5O2S/c1-24-13-16(12-23-24)20-15(8-19(26)25(20)4-5-27-2)11-21-9-14-7-18-17(22-10-14)3-6-28-18/h3,6-7,10,12-13,15,20-21H,4-5,8-9,11H2,1-2H3/t15-,20+/m0/s1. The molecule has 7 nitrogen and oxygen atoms in total. The smallest absolute Gasteiger partial charge is 0.223 e. The quantitative estimate of drug-likeness (QED) is 0.630. The molecule has 1 aliphatic heterocycles. The van der Waals surface area contributed by atoms with E-state index < -0.39 is 0 Å². The summed E-state index contributed by atoms with van der Waals surface area (Å²) in [7, 11) is 3.57. The van der Waals surface area contributed by atoms with Gasteiger partial charge < -0.3 is 15.0 Å². The van der Waals surface area contributed by atoms with Crippen molar-refractivity contribution in [3.05, 3.63) is 47.2 Å². The van der Waals surface area contributed by atoms with Gasteiger partial charge in [0.15, 0.2) is 0 Å². The van der Waals surface area contributed by atoms with Gasteiger partial charge in [-0.25, -0.2) is 0 Å². The highest BCUT2D eigenvalue weighted by Gasteiger charge is 2.40. The number of hydrogen-bond acceptors (Lipinski definition) is 6. The fraction of sp³-hybridized carbons (Fsp3) is 0.450. The van der Waals surface area contributed by atoms with Crippen LogP contribution in [0.1, 0.15) is 23.6 Å². The molecule has 3 aromatic heterocycles. The molecule has 4 heterocycles. The van der Waals surface area contributed by atoms with Gasteiger partial charge in [0.2, 0.25) is 5.91 Å². The number of amides is 1. The molecule has 8 heteroatoms. The summed E-state index contributed by atoms with van der Waals surface area (Å²) >= 11 is 1.71. The minimum atomic E-state index is 0.0294. The number of rotatable bonds is 8. The Hall–Kier alpha value is -2.29. The highest BCUT2D eigenvalue weighted by Crippen LogP contribution is 2.37. The first kappa shape index (κ1) is 19.0. The normalized spacial score (nSPS) is 19.8. The molecule has 1 aliphatic rings. The first-order valence-electron chi connectivity index (χ1n) is 9.45. The number of pyridine rings is 1. The van der Waals surface area contributed by atoms with E-state index in [0.29, 0.717) is 19.6 Å². The van der Waals surface area contributed by atoms with Crippen LogP contribution < -0.4 is 5.32 Å². The molecular formula is C20H25N5O2S. The van der Waals surface area contributed by atoms with Crippen LogP contribution in [0.5, 0.6) is 0 Å². The Kier molecular flexibility index (Phi) is 5.70. The Morgan fingerprint density at radius 2 is 2.29 bits per heavy atom. The molecule has 0 radical (unpaired) electrons. The van der Waals surface area contributed by atoms with Crippen LogP contribution in [-0.4, -0.2) is 52.4 Å². The zero-order valence-electron chi connectivity index (χ0n) is 16.2. The summed E-state index contributed by atoms with van der Waals surface area (Å²) in [5.41, 5.74) is 3.28. The van der Waals surface area contributed by atoms with Crippen LogP contribution in [0.3, 0.4) is 0 Å². The van der Waals surface area contributed by atoms with Crippen LogP contribution in [0.15, 0.2) is 36.1 Å². The van der Waals surface area contributed by atoms with Crippen molar-refractivity contribution < 1.29 is 9.53 Å². The zero-order valence-corrected chi connectivity index (χ0v) is 17.0. The molecular weight excluding hydrogens is 374 g/mol. The Labute approximate surface area is 168 Å². The fourth-order valence-electron chi connectivity index (χ4n) is 3.93. The average molecular weight is 400 g/mol. The molecule has 148 valence electrons. The highest BCUT2D eigenvalue weighted by atomic mass is 32.1. The Morgan fingerprint density at radius 1 is 1.39 bits per heavy atom. The molecule has 1 saturated heterocycles. The third kappa shape index (κ3) is 3.94. The van der Waals surface area contributed by atoms with Crippen molar-refractivity contribution in [3.63, 3.8) is 0 Å². The lowest BCUT2D eigenvalue weighted by molar-refractivity contribution is -0.129. The SMILES string of the molecule is COCCN1C(=O)C[C@@H](CNCc2cnc3ccsc3c2)[C@@H]1c1cnn(C)c1. The predicted molar refractivity (Wildman–Crippen MR) is 109 cm³/mol. The Bertz CT molecular complexity index is 953. The summed E-state index contributed by atoms with van der Waals surface area (Å²) in [6.45, 7) is 2.64. The van der Waals surface area contributed by atoms with E-state index in [0.717, 1.165) is 29.7 Å². The van der Waals surface area contributed by atoms with E-state index in [2.05, 4.69) is 26.8 Å². The van der Waals surface area contributed by atoms with Crippen LogP contribution in [0.25, 0.3) is 10.2 Å². The van der Waals surface area contributed by atoms with E-state index in [4.69, 9.17) is 4.74 Å². The van der Waals surface area contributed by atoms with Crippen molar-refractivity contribution in [1.82, 2.24) is 25.0 Å². The molecule has 4 rings (SSSR count). The molecule has 2 atom stereocenters. The average Bonchev–Trinajstić information content (AvgIpc) is 3.38. The molecule has 0 saturated carbocycles. The third-order valence-electron chi connectivity index (χ3n) is 5.24. The summed E-state index contributed by atoms with van der Waals surface area (Å²) in [5, 5.41) is 9.90. The van der Waals surface area contributed by atoms with Gasteiger partial charge in [0.25, 0.3) is 0 Å². The molecule has 0 aliphatic carbocycles. The largest absolute Gasteiger partial charge is 0.383 e. The maximum absolute atomic E-state index is 12.6. The topological polar surface area (TPSA) is 72.3 Å². The van der Waals surface area contributed by atoms with Crippen molar-refractivity contribution in [2.24, 2.45) is 13.0 Å². The number of nitrogens with one attached hydrogen (secondary N) is 1. The molecule has 1 N–H and O–H groups in total. The third-order valence-corrected chi connectivity index (χ3v) is 6.09. The van der Waals surface area contributed by atoms with Gasteiger partial charge in [0.05, 0.1) is 29.1 Å². The lowest BCUT2D eigenvalue weighted by Crippen LogP contribution is -2.33. The van der Waals surface area contributed by atoms with Crippen molar-refractivity contribution >= 4 is 27.5 Å². The monoisotopic (exact) mass is 399 g/mol. The molecule has 3 aromatic rings. The minimum absolute atomic E-state index is 0.0294. The van der Waals surface area contributed by atoms with Crippen LogP contribution in [-0.2, 0) is 23.1 Å². The molecule has 1 fully saturated rings. The van der Waals surface area contributed by atoms with Crippen LogP contribution in [0.2, 0.25) is 0 Å². The van der Waals surface area contributed by atoms with Crippen molar-refractivity contribution in [1.29, 1.82) is 0 Å².